The fourth-order valence-electron chi connectivity index (χ4n) is 3.10. The molecule has 1 aliphatic heterocycles. The maximum atomic E-state index is 12.8. The predicted octanol–water partition coefficient (Wildman–Crippen LogP) is 1.87. The quantitative estimate of drug-likeness (QED) is 0.545. The Hall–Kier alpha value is -3.01. The van der Waals surface area contributed by atoms with Crippen LogP contribution in [-0.4, -0.2) is 67.6 Å². The summed E-state index contributed by atoms with van der Waals surface area (Å²) in [6, 6.07) is 8.66. The van der Waals surface area contributed by atoms with Crippen molar-refractivity contribution in [2.75, 3.05) is 37.3 Å². The molecule has 0 radical (unpaired) electrons. The van der Waals surface area contributed by atoms with Crippen molar-refractivity contribution in [3.05, 3.63) is 53.5 Å². The van der Waals surface area contributed by atoms with E-state index in [1.165, 1.54) is 4.90 Å². The van der Waals surface area contributed by atoms with Crippen LogP contribution >= 0.6 is 0 Å². The zero-order valence-electron chi connectivity index (χ0n) is 16.2. The number of nitrogens with zero attached hydrogens (tertiary/aromatic N) is 4. The smallest absolute Gasteiger partial charge is 0.355 e. The molecule has 0 bridgehead atoms. The van der Waals surface area contributed by atoms with Gasteiger partial charge in [-0.2, -0.15) is 8.42 Å². The standard InChI is InChI=1S/C19H22N4O5S.H2/c1-14-15(6-4-9-20-14)18(24)16-7-3-8-17(21-16)22-10-5-11-23(13-12-22)19(25)28-29(2,26)27;/h3-4,6-9H,5,10-13H2,1-2H3;1H. The number of aromatic nitrogens is 2. The lowest BCUT2D eigenvalue weighted by molar-refractivity contribution is 0.103. The summed E-state index contributed by atoms with van der Waals surface area (Å²) >= 11 is 0. The number of ketones is 1. The van der Waals surface area contributed by atoms with Crippen LogP contribution in [0.1, 0.15) is 29.6 Å². The molecule has 1 amide bonds. The van der Waals surface area contributed by atoms with E-state index in [1.807, 2.05) is 4.90 Å². The monoisotopic (exact) mass is 420 g/mol. The predicted molar refractivity (Wildman–Crippen MR) is 108 cm³/mol. The summed E-state index contributed by atoms with van der Waals surface area (Å²) in [5, 5.41) is 0. The average molecular weight is 420 g/mol. The number of anilines is 1. The molecule has 1 aliphatic rings. The van der Waals surface area contributed by atoms with Gasteiger partial charge in [-0.3, -0.25) is 9.78 Å². The summed E-state index contributed by atoms with van der Waals surface area (Å²) in [5.41, 5.74) is 1.46. The van der Waals surface area contributed by atoms with E-state index in [0.29, 0.717) is 48.8 Å². The number of pyridine rings is 2. The minimum absolute atomic E-state index is 0. The molecule has 0 spiro atoms. The number of amides is 1. The van der Waals surface area contributed by atoms with Crippen molar-refractivity contribution in [1.82, 2.24) is 14.9 Å². The van der Waals surface area contributed by atoms with E-state index in [-0.39, 0.29) is 13.8 Å². The van der Waals surface area contributed by atoms with Crippen LogP contribution < -0.4 is 4.90 Å². The van der Waals surface area contributed by atoms with E-state index in [0.717, 1.165) is 6.26 Å². The second kappa shape index (κ2) is 8.56. The summed E-state index contributed by atoms with van der Waals surface area (Å²) in [6.45, 7) is 3.49. The number of carbonyl (C=O) groups is 2. The maximum Gasteiger partial charge on any atom is 0.425 e. The lowest BCUT2D eigenvalue weighted by Gasteiger charge is -2.22. The third kappa shape index (κ3) is 5.29. The molecule has 2 aromatic heterocycles. The molecule has 3 rings (SSSR count). The third-order valence-electron chi connectivity index (χ3n) is 4.52. The van der Waals surface area contributed by atoms with Crippen LogP contribution in [-0.2, 0) is 14.3 Å². The van der Waals surface area contributed by atoms with Gasteiger partial charge in [0.1, 0.15) is 11.5 Å². The topological polar surface area (TPSA) is 110 Å². The fourth-order valence-corrected chi connectivity index (χ4v) is 3.46. The largest absolute Gasteiger partial charge is 0.425 e. The normalized spacial score (nSPS) is 15.0. The molecule has 1 fully saturated rings. The van der Waals surface area contributed by atoms with Crippen molar-refractivity contribution in [3.63, 3.8) is 0 Å². The van der Waals surface area contributed by atoms with Crippen LogP contribution in [0.15, 0.2) is 36.5 Å². The SMILES string of the molecule is Cc1ncccc1C(=O)c1cccc(N2CCCN(C(=O)OS(C)(=O)=O)CC2)n1.[HH]. The first-order valence-corrected chi connectivity index (χ1v) is 10.9. The summed E-state index contributed by atoms with van der Waals surface area (Å²) in [4.78, 5) is 36.7. The summed E-state index contributed by atoms with van der Waals surface area (Å²) < 4.78 is 26.8. The second-order valence-electron chi connectivity index (χ2n) is 6.73. The minimum atomic E-state index is -3.86. The minimum Gasteiger partial charge on any atom is -0.355 e. The van der Waals surface area contributed by atoms with Gasteiger partial charge in [0, 0.05) is 45.1 Å². The molecule has 2 aromatic rings. The van der Waals surface area contributed by atoms with Crippen molar-refractivity contribution in [2.45, 2.75) is 13.3 Å². The van der Waals surface area contributed by atoms with Crippen molar-refractivity contribution in [2.24, 2.45) is 0 Å². The van der Waals surface area contributed by atoms with E-state index in [9.17, 15) is 18.0 Å². The maximum absolute atomic E-state index is 12.8. The Balaban J connectivity index is 0.00000320. The number of aryl methyl sites for hydroxylation is 1. The molecule has 9 nitrogen and oxygen atoms in total. The van der Waals surface area contributed by atoms with Gasteiger partial charge in [0.25, 0.3) is 0 Å². The molecular weight excluding hydrogens is 396 g/mol. The molecule has 1 saturated heterocycles. The van der Waals surface area contributed by atoms with E-state index < -0.39 is 16.2 Å². The molecule has 29 heavy (non-hydrogen) atoms. The summed E-state index contributed by atoms with van der Waals surface area (Å²) in [7, 11) is -3.86. The first-order valence-electron chi connectivity index (χ1n) is 9.11. The zero-order valence-corrected chi connectivity index (χ0v) is 17.1. The van der Waals surface area contributed by atoms with Crippen LogP contribution in [0.3, 0.4) is 0 Å². The van der Waals surface area contributed by atoms with Crippen molar-refractivity contribution in [1.29, 1.82) is 0 Å². The highest BCUT2D eigenvalue weighted by atomic mass is 32.2. The molecule has 0 unspecified atom stereocenters. The Bertz CT molecular complexity index is 1030. The van der Waals surface area contributed by atoms with Crippen LogP contribution in [0.4, 0.5) is 10.6 Å². The van der Waals surface area contributed by atoms with Crippen LogP contribution in [0.2, 0.25) is 0 Å². The van der Waals surface area contributed by atoms with Crippen LogP contribution in [0, 0.1) is 6.92 Å². The molecule has 0 saturated carbocycles. The van der Waals surface area contributed by atoms with Crippen LogP contribution in [0.25, 0.3) is 0 Å². The van der Waals surface area contributed by atoms with Gasteiger partial charge in [-0.25, -0.2) is 9.78 Å². The highest BCUT2D eigenvalue weighted by Gasteiger charge is 2.24. The fraction of sp³-hybridized carbons (Fsp3) is 0.368. The molecule has 0 N–H and O–H groups in total. The lowest BCUT2D eigenvalue weighted by atomic mass is 10.1. The lowest BCUT2D eigenvalue weighted by Crippen LogP contribution is -2.36. The highest BCUT2D eigenvalue weighted by Crippen LogP contribution is 2.18. The molecule has 3 heterocycles. The zero-order chi connectivity index (χ0) is 21.0. The Morgan fingerprint density at radius 1 is 1.10 bits per heavy atom. The molecule has 0 aromatic carbocycles. The first-order chi connectivity index (χ1) is 13.7. The van der Waals surface area contributed by atoms with Crippen LogP contribution in [0.5, 0.6) is 0 Å². The molecule has 0 atom stereocenters. The van der Waals surface area contributed by atoms with Crippen molar-refractivity contribution < 1.29 is 23.6 Å². The van der Waals surface area contributed by atoms with E-state index >= 15 is 0 Å². The van der Waals surface area contributed by atoms with Gasteiger partial charge in [-0.05, 0) is 37.6 Å². The first kappa shape index (κ1) is 20.7. The Morgan fingerprint density at radius 2 is 1.90 bits per heavy atom. The molecule has 10 heteroatoms. The third-order valence-corrected chi connectivity index (χ3v) is 4.96. The Labute approximate surface area is 170 Å². The van der Waals surface area contributed by atoms with Gasteiger partial charge < -0.3 is 14.0 Å². The summed E-state index contributed by atoms with van der Waals surface area (Å²) in [5.74, 6) is 0.418. The molecule has 156 valence electrons. The number of carbonyl (C=O) groups excluding carboxylic acids is 2. The average Bonchev–Trinajstić information content (AvgIpc) is 2.93. The van der Waals surface area contributed by atoms with E-state index in [2.05, 4.69) is 14.2 Å². The highest BCUT2D eigenvalue weighted by molar-refractivity contribution is 7.86. The molecular formula is C19H24N4O5S. The van der Waals surface area contributed by atoms with Crippen molar-refractivity contribution >= 4 is 27.8 Å². The van der Waals surface area contributed by atoms with E-state index in [1.54, 1.807) is 43.5 Å². The van der Waals surface area contributed by atoms with Gasteiger partial charge in [-0.1, -0.05) is 6.07 Å². The van der Waals surface area contributed by atoms with Crippen molar-refractivity contribution in [3.8, 4) is 0 Å². The van der Waals surface area contributed by atoms with Gasteiger partial charge in [0.05, 0.1) is 6.26 Å². The Morgan fingerprint density at radius 3 is 2.62 bits per heavy atom. The van der Waals surface area contributed by atoms with Gasteiger partial charge in [0.2, 0.25) is 5.78 Å². The van der Waals surface area contributed by atoms with E-state index in [4.69, 9.17) is 0 Å². The number of hydrogen-bond donors (Lipinski definition) is 0. The van der Waals surface area contributed by atoms with Gasteiger partial charge >= 0.3 is 16.2 Å². The molecule has 0 aliphatic carbocycles. The Kier molecular flexibility index (Phi) is 6.12. The summed E-state index contributed by atoms with van der Waals surface area (Å²) in [6.07, 6.45) is 2.21. The second-order valence-corrected chi connectivity index (χ2v) is 8.30. The number of rotatable bonds is 4. The van der Waals surface area contributed by atoms with Gasteiger partial charge in [0.15, 0.2) is 0 Å². The van der Waals surface area contributed by atoms with Gasteiger partial charge in [-0.15, -0.1) is 0 Å². The number of hydrogen-bond acceptors (Lipinski definition) is 8.